The molecular formula is C25H24N2O2. The summed E-state index contributed by atoms with van der Waals surface area (Å²) in [5.41, 5.74) is 4.68. The van der Waals surface area contributed by atoms with Crippen LogP contribution >= 0.6 is 0 Å². The summed E-state index contributed by atoms with van der Waals surface area (Å²) in [7, 11) is 0. The van der Waals surface area contributed by atoms with Gasteiger partial charge in [0.15, 0.2) is 0 Å². The normalized spacial score (nSPS) is 10.6. The summed E-state index contributed by atoms with van der Waals surface area (Å²) in [6, 6.07) is 24.8. The predicted octanol–water partition coefficient (Wildman–Crippen LogP) is 5.08. The van der Waals surface area contributed by atoms with E-state index in [1.54, 1.807) is 12.1 Å². The first kappa shape index (κ1) is 20.3. The van der Waals surface area contributed by atoms with Gasteiger partial charge in [-0.2, -0.15) is 5.26 Å². The van der Waals surface area contributed by atoms with Gasteiger partial charge in [0, 0.05) is 17.7 Å². The molecule has 29 heavy (non-hydrogen) atoms. The maximum atomic E-state index is 13.0. The fourth-order valence-corrected chi connectivity index (χ4v) is 3.13. The predicted molar refractivity (Wildman–Crippen MR) is 114 cm³/mol. The van der Waals surface area contributed by atoms with E-state index >= 15 is 0 Å². The van der Waals surface area contributed by atoms with Crippen molar-refractivity contribution in [2.24, 2.45) is 0 Å². The Morgan fingerprint density at radius 3 is 2.28 bits per heavy atom. The highest BCUT2D eigenvalue weighted by molar-refractivity contribution is 6.01. The zero-order valence-corrected chi connectivity index (χ0v) is 16.7. The van der Waals surface area contributed by atoms with Gasteiger partial charge in [-0.05, 0) is 42.7 Å². The molecule has 4 nitrogen and oxygen atoms in total. The minimum Gasteiger partial charge on any atom is -0.374 e. The van der Waals surface area contributed by atoms with Gasteiger partial charge in [0.25, 0.3) is 5.91 Å². The highest BCUT2D eigenvalue weighted by Crippen LogP contribution is 2.27. The number of rotatable bonds is 7. The van der Waals surface area contributed by atoms with E-state index in [0.29, 0.717) is 24.3 Å². The Bertz CT molecular complexity index is 1030. The van der Waals surface area contributed by atoms with Gasteiger partial charge in [-0.15, -0.1) is 0 Å². The van der Waals surface area contributed by atoms with Crippen LogP contribution in [0, 0.1) is 11.3 Å². The largest absolute Gasteiger partial charge is 0.374 e. The Kier molecular flexibility index (Phi) is 6.78. The molecule has 0 spiro atoms. The minimum atomic E-state index is -0.173. The fourth-order valence-electron chi connectivity index (χ4n) is 3.13. The van der Waals surface area contributed by atoms with Crippen molar-refractivity contribution in [1.82, 2.24) is 5.32 Å². The van der Waals surface area contributed by atoms with Gasteiger partial charge < -0.3 is 10.1 Å². The first-order valence-electron chi connectivity index (χ1n) is 9.65. The van der Waals surface area contributed by atoms with Crippen molar-refractivity contribution in [3.8, 4) is 17.2 Å². The number of amides is 1. The summed E-state index contributed by atoms with van der Waals surface area (Å²) in [5.74, 6) is -0.173. The number of nitrogens with one attached hydrogen (secondary N) is 1. The second kappa shape index (κ2) is 9.68. The Morgan fingerprint density at radius 1 is 0.931 bits per heavy atom. The molecule has 1 N–H and O–H groups in total. The molecule has 0 aromatic heterocycles. The van der Waals surface area contributed by atoms with Crippen LogP contribution in [-0.2, 0) is 17.9 Å². The molecule has 0 unspecified atom stereocenters. The van der Waals surface area contributed by atoms with E-state index in [1.807, 2.05) is 74.5 Å². The van der Waals surface area contributed by atoms with Crippen molar-refractivity contribution in [3.05, 3.63) is 95.1 Å². The zero-order valence-electron chi connectivity index (χ0n) is 16.7. The van der Waals surface area contributed by atoms with Crippen LogP contribution in [0.25, 0.3) is 11.1 Å². The number of nitriles is 1. The number of benzene rings is 3. The fraction of sp³-hybridized carbons (Fsp3) is 0.200. The third-order valence-electron chi connectivity index (χ3n) is 4.64. The average Bonchev–Trinajstić information content (AvgIpc) is 2.76. The molecule has 0 saturated carbocycles. The zero-order chi connectivity index (χ0) is 20.6. The van der Waals surface area contributed by atoms with Crippen molar-refractivity contribution >= 4 is 5.91 Å². The SMILES string of the molecule is CC(C)OCc1ccccc1CNC(=O)c1ccccc1-c1ccccc1C#N. The van der Waals surface area contributed by atoms with Crippen molar-refractivity contribution in [2.45, 2.75) is 33.1 Å². The van der Waals surface area contributed by atoms with E-state index in [4.69, 9.17) is 4.74 Å². The lowest BCUT2D eigenvalue weighted by Crippen LogP contribution is -2.24. The van der Waals surface area contributed by atoms with Crippen molar-refractivity contribution < 1.29 is 9.53 Å². The van der Waals surface area contributed by atoms with Crippen molar-refractivity contribution in [2.75, 3.05) is 0 Å². The molecule has 0 atom stereocenters. The third-order valence-corrected chi connectivity index (χ3v) is 4.64. The molecule has 146 valence electrons. The molecule has 0 fully saturated rings. The van der Waals surface area contributed by atoms with E-state index in [0.717, 1.165) is 22.3 Å². The smallest absolute Gasteiger partial charge is 0.252 e. The summed E-state index contributed by atoms with van der Waals surface area (Å²) in [4.78, 5) is 13.0. The van der Waals surface area contributed by atoms with Gasteiger partial charge in [-0.1, -0.05) is 60.7 Å². The van der Waals surface area contributed by atoms with Crippen LogP contribution in [-0.4, -0.2) is 12.0 Å². The molecule has 3 aromatic rings. The number of carbonyl (C=O) groups excluding carboxylic acids is 1. The van der Waals surface area contributed by atoms with E-state index < -0.39 is 0 Å². The monoisotopic (exact) mass is 384 g/mol. The molecule has 3 aromatic carbocycles. The lowest BCUT2D eigenvalue weighted by molar-refractivity contribution is 0.0651. The van der Waals surface area contributed by atoms with Gasteiger partial charge in [0.2, 0.25) is 0 Å². The molecule has 0 heterocycles. The van der Waals surface area contributed by atoms with Gasteiger partial charge in [0.05, 0.1) is 24.3 Å². The molecule has 0 radical (unpaired) electrons. The van der Waals surface area contributed by atoms with Crippen molar-refractivity contribution in [1.29, 1.82) is 5.26 Å². The standard InChI is InChI=1S/C25H24N2O2/c1-18(2)29-17-21-11-4-3-10-20(21)16-27-25(28)24-14-8-7-13-23(24)22-12-6-5-9-19(22)15-26/h3-14,18H,16-17H2,1-2H3,(H,27,28). The van der Waals surface area contributed by atoms with Crippen molar-refractivity contribution in [3.63, 3.8) is 0 Å². The Labute approximate surface area is 171 Å². The first-order chi connectivity index (χ1) is 14.1. The van der Waals surface area contributed by atoms with Crippen LogP contribution < -0.4 is 5.32 Å². The molecule has 3 rings (SSSR count). The average molecular weight is 384 g/mol. The Balaban J connectivity index is 1.81. The number of hydrogen-bond acceptors (Lipinski definition) is 3. The second-order valence-corrected chi connectivity index (χ2v) is 7.01. The topological polar surface area (TPSA) is 62.1 Å². The van der Waals surface area contributed by atoms with Gasteiger partial charge in [0.1, 0.15) is 0 Å². The highest BCUT2D eigenvalue weighted by Gasteiger charge is 2.15. The molecule has 4 heteroatoms. The molecule has 0 saturated heterocycles. The maximum absolute atomic E-state index is 13.0. The van der Waals surface area contributed by atoms with E-state index in [9.17, 15) is 10.1 Å². The van der Waals surface area contributed by atoms with E-state index in [-0.39, 0.29) is 12.0 Å². The van der Waals surface area contributed by atoms with Crippen LogP contribution in [0.3, 0.4) is 0 Å². The molecule has 0 bridgehead atoms. The molecule has 1 amide bonds. The van der Waals surface area contributed by atoms with Crippen LogP contribution in [0.5, 0.6) is 0 Å². The molecule has 0 aliphatic carbocycles. The van der Waals surface area contributed by atoms with Crippen LogP contribution in [0.4, 0.5) is 0 Å². The number of nitrogens with zero attached hydrogens (tertiary/aromatic N) is 1. The minimum absolute atomic E-state index is 0.143. The summed E-state index contributed by atoms with van der Waals surface area (Å²) < 4.78 is 5.72. The van der Waals surface area contributed by atoms with E-state index in [1.165, 1.54) is 0 Å². The van der Waals surface area contributed by atoms with Gasteiger partial charge in [-0.25, -0.2) is 0 Å². The van der Waals surface area contributed by atoms with Crippen LogP contribution in [0.1, 0.15) is 40.9 Å². The maximum Gasteiger partial charge on any atom is 0.252 e. The van der Waals surface area contributed by atoms with Gasteiger partial charge in [-0.3, -0.25) is 4.79 Å². The summed E-state index contributed by atoms with van der Waals surface area (Å²) in [6.07, 6.45) is 0.143. The lowest BCUT2D eigenvalue weighted by atomic mass is 9.95. The van der Waals surface area contributed by atoms with E-state index in [2.05, 4.69) is 11.4 Å². The summed E-state index contributed by atoms with van der Waals surface area (Å²) in [6.45, 7) is 4.92. The second-order valence-electron chi connectivity index (χ2n) is 7.01. The Hall–Kier alpha value is -3.42. The van der Waals surface area contributed by atoms with Crippen LogP contribution in [0.2, 0.25) is 0 Å². The Morgan fingerprint density at radius 2 is 1.55 bits per heavy atom. The quantitative estimate of drug-likeness (QED) is 0.618. The lowest BCUT2D eigenvalue weighted by Gasteiger charge is -2.14. The molecule has 0 aliphatic heterocycles. The third kappa shape index (κ3) is 5.10. The summed E-state index contributed by atoms with van der Waals surface area (Å²) in [5, 5.41) is 12.4. The molecule has 0 aliphatic rings. The number of hydrogen-bond donors (Lipinski definition) is 1. The molecular weight excluding hydrogens is 360 g/mol. The van der Waals surface area contributed by atoms with Gasteiger partial charge >= 0.3 is 0 Å². The first-order valence-corrected chi connectivity index (χ1v) is 9.65. The highest BCUT2D eigenvalue weighted by atomic mass is 16.5. The summed E-state index contributed by atoms with van der Waals surface area (Å²) >= 11 is 0. The number of ether oxygens (including phenoxy) is 1. The van der Waals surface area contributed by atoms with Crippen LogP contribution in [0.15, 0.2) is 72.8 Å². The number of carbonyl (C=O) groups is 1.